The zero-order valence-corrected chi connectivity index (χ0v) is 11.0. The Morgan fingerprint density at radius 1 is 1.39 bits per heavy atom. The van der Waals surface area contributed by atoms with Gasteiger partial charge < -0.3 is 5.32 Å². The number of anilines is 1. The number of benzene rings is 1. The minimum absolute atomic E-state index is 0.168. The van der Waals surface area contributed by atoms with Gasteiger partial charge in [-0.3, -0.25) is 9.52 Å². The Balaban J connectivity index is 2.03. The third kappa shape index (κ3) is 4.03. The van der Waals surface area contributed by atoms with Gasteiger partial charge >= 0.3 is 0 Å². The highest BCUT2D eigenvalue weighted by Crippen LogP contribution is 2.27. The van der Waals surface area contributed by atoms with Gasteiger partial charge in [-0.1, -0.05) is 6.07 Å². The highest BCUT2D eigenvalue weighted by Gasteiger charge is 2.21. The molecule has 0 bridgehead atoms. The molecule has 6 heteroatoms. The summed E-state index contributed by atoms with van der Waals surface area (Å²) in [5.41, 5.74) is 0.862. The number of rotatable bonds is 5. The Morgan fingerprint density at radius 3 is 2.72 bits per heavy atom. The molecule has 0 atom stereocenters. The van der Waals surface area contributed by atoms with Crippen molar-refractivity contribution in [1.29, 1.82) is 0 Å². The van der Waals surface area contributed by atoms with Crippen molar-refractivity contribution in [2.45, 2.75) is 12.8 Å². The topological polar surface area (TPSA) is 75.3 Å². The molecule has 0 spiro atoms. The molecule has 1 aliphatic carbocycles. The van der Waals surface area contributed by atoms with E-state index in [9.17, 15) is 13.2 Å². The predicted molar refractivity (Wildman–Crippen MR) is 70.0 cm³/mol. The normalized spacial score (nSPS) is 15.2. The fourth-order valence-electron chi connectivity index (χ4n) is 1.60. The average Bonchev–Trinajstić information content (AvgIpc) is 3.07. The van der Waals surface area contributed by atoms with E-state index in [4.69, 9.17) is 0 Å². The molecule has 1 aliphatic rings. The van der Waals surface area contributed by atoms with Crippen LogP contribution < -0.4 is 10.0 Å². The van der Waals surface area contributed by atoms with Gasteiger partial charge in [-0.2, -0.15) is 0 Å². The fourth-order valence-corrected chi connectivity index (χ4v) is 2.15. The van der Waals surface area contributed by atoms with Crippen LogP contribution in [0.4, 0.5) is 5.69 Å². The zero-order chi connectivity index (χ0) is 13.2. The van der Waals surface area contributed by atoms with Gasteiger partial charge in [-0.25, -0.2) is 8.42 Å². The van der Waals surface area contributed by atoms with Gasteiger partial charge in [0.25, 0.3) is 5.91 Å². The second-order valence-corrected chi connectivity index (χ2v) is 6.36. The van der Waals surface area contributed by atoms with E-state index in [0.29, 0.717) is 23.7 Å². The maximum absolute atomic E-state index is 11.8. The number of nitrogens with one attached hydrogen (secondary N) is 2. The zero-order valence-electron chi connectivity index (χ0n) is 10.1. The van der Waals surface area contributed by atoms with Crippen LogP contribution in [0.1, 0.15) is 23.2 Å². The van der Waals surface area contributed by atoms with E-state index in [1.54, 1.807) is 18.2 Å². The lowest BCUT2D eigenvalue weighted by Gasteiger charge is -2.07. The van der Waals surface area contributed by atoms with E-state index in [2.05, 4.69) is 10.0 Å². The first-order valence-electron chi connectivity index (χ1n) is 5.80. The smallest absolute Gasteiger partial charge is 0.251 e. The van der Waals surface area contributed by atoms with Crippen molar-refractivity contribution in [2.75, 3.05) is 17.5 Å². The lowest BCUT2D eigenvalue weighted by molar-refractivity contribution is 0.0952. The van der Waals surface area contributed by atoms with Gasteiger partial charge in [0.1, 0.15) is 0 Å². The Bertz CT molecular complexity index is 550. The summed E-state index contributed by atoms with van der Waals surface area (Å²) in [6, 6.07) is 6.46. The van der Waals surface area contributed by atoms with Crippen LogP contribution in [0.3, 0.4) is 0 Å². The first-order chi connectivity index (χ1) is 8.44. The molecule has 0 aromatic heterocycles. The molecule has 1 fully saturated rings. The molecule has 0 heterocycles. The average molecular weight is 268 g/mol. The summed E-state index contributed by atoms with van der Waals surface area (Å²) in [6.07, 6.45) is 3.43. The summed E-state index contributed by atoms with van der Waals surface area (Å²) in [5.74, 6) is 0.449. The van der Waals surface area contributed by atoms with E-state index >= 15 is 0 Å². The first-order valence-corrected chi connectivity index (χ1v) is 7.69. The van der Waals surface area contributed by atoms with Crippen LogP contribution in [0.2, 0.25) is 0 Å². The number of sulfonamides is 1. The standard InChI is InChI=1S/C12H16N2O3S/c1-18(16,17)14-11-4-2-3-10(7-11)12(15)13-8-9-5-6-9/h2-4,7,9,14H,5-6,8H2,1H3,(H,13,15). The lowest BCUT2D eigenvalue weighted by atomic mass is 10.2. The van der Waals surface area contributed by atoms with Crippen molar-refractivity contribution < 1.29 is 13.2 Å². The van der Waals surface area contributed by atoms with Crippen LogP contribution >= 0.6 is 0 Å². The summed E-state index contributed by atoms with van der Waals surface area (Å²) < 4.78 is 24.5. The summed E-state index contributed by atoms with van der Waals surface area (Å²) in [5, 5.41) is 2.83. The Morgan fingerprint density at radius 2 is 2.11 bits per heavy atom. The molecule has 98 valence electrons. The van der Waals surface area contributed by atoms with E-state index in [1.165, 1.54) is 18.9 Å². The van der Waals surface area contributed by atoms with Crippen LogP contribution in [-0.4, -0.2) is 27.1 Å². The highest BCUT2D eigenvalue weighted by atomic mass is 32.2. The minimum Gasteiger partial charge on any atom is -0.352 e. The molecule has 1 aromatic carbocycles. The molecule has 5 nitrogen and oxygen atoms in total. The molecule has 2 N–H and O–H groups in total. The van der Waals surface area contributed by atoms with Crippen LogP contribution in [0.5, 0.6) is 0 Å². The Kier molecular flexibility index (Phi) is 3.56. The quantitative estimate of drug-likeness (QED) is 0.842. The summed E-state index contributed by atoms with van der Waals surface area (Å²) in [7, 11) is -3.32. The van der Waals surface area contributed by atoms with E-state index in [0.717, 1.165) is 6.26 Å². The number of carbonyl (C=O) groups is 1. The second-order valence-electron chi connectivity index (χ2n) is 4.61. The van der Waals surface area contributed by atoms with Crippen LogP contribution in [0.25, 0.3) is 0 Å². The molecule has 0 unspecified atom stereocenters. The van der Waals surface area contributed by atoms with E-state index in [-0.39, 0.29) is 5.91 Å². The van der Waals surface area contributed by atoms with Gasteiger partial charge in [-0.15, -0.1) is 0 Å². The van der Waals surface area contributed by atoms with Crippen molar-refractivity contribution >= 4 is 21.6 Å². The predicted octanol–water partition coefficient (Wildman–Crippen LogP) is 1.20. The van der Waals surface area contributed by atoms with E-state index in [1.807, 2.05) is 0 Å². The third-order valence-electron chi connectivity index (χ3n) is 2.68. The monoisotopic (exact) mass is 268 g/mol. The summed E-state index contributed by atoms with van der Waals surface area (Å²) in [6.45, 7) is 0.697. The second kappa shape index (κ2) is 4.97. The molecule has 1 amide bonds. The van der Waals surface area contributed by atoms with Crippen molar-refractivity contribution in [3.8, 4) is 0 Å². The van der Waals surface area contributed by atoms with Crippen molar-refractivity contribution in [1.82, 2.24) is 5.32 Å². The molecule has 0 radical (unpaired) electrons. The Labute approximate surface area is 107 Å². The van der Waals surface area contributed by atoms with Crippen molar-refractivity contribution in [3.05, 3.63) is 29.8 Å². The molecule has 0 aliphatic heterocycles. The van der Waals surface area contributed by atoms with Gasteiger partial charge in [0.2, 0.25) is 10.0 Å². The van der Waals surface area contributed by atoms with E-state index < -0.39 is 10.0 Å². The molecule has 2 rings (SSSR count). The minimum atomic E-state index is -3.32. The highest BCUT2D eigenvalue weighted by molar-refractivity contribution is 7.92. The van der Waals surface area contributed by atoms with Crippen molar-refractivity contribution in [2.24, 2.45) is 5.92 Å². The fraction of sp³-hybridized carbons (Fsp3) is 0.417. The summed E-state index contributed by atoms with van der Waals surface area (Å²) in [4.78, 5) is 11.8. The van der Waals surface area contributed by atoms with Crippen molar-refractivity contribution in [3.63, 3.8) is 0 Å². The molecular weight excluding hydrogens is 252 g/mol. The van der Waals surface area contributed by atoms with Crippen LogP contribution in [0, 0.1) is 5.92 Å². The first kappa shape index (κ1) is 12.9. The largest absolute Gasteiger partial charge is 0.352 e. The molecule has 18 heavy (non-hydrogen) atoms. The molecule has 1 aromatic rings. The molecule has 1 saturated carbocycles. The maximum Gasteiger partial charge on any atom is 0.251 e. The number of amides is 1. The van der Waals surface area contributed by atoms with Gasteiger partial charge in [-0.05, 0) is 37.0 Å². The SMILES string of the molecule is CS(=O)(=O)Nc1cccc(C(=O)NCC2CC2)c1. The van der Waals surface area contributed by atoms with Crippen LogP contribution in [0.15, 0.2) is 24.3 Å². The molecule has 0 saturated heterocycles. The number of hydrogen-bond acceptors (Lipinski definition) is 3. The maximum atomic E-state index is 11.8. The lowest BCUT2D eigenvalue weighted by Crippen LogP contribution is -2.25. The van der Waals surface area contributed by atoms with Gasteiger partial charge in [0.15, 0.2) is 0 Å². The number of hydrogen-bond donors (Lipinski definition) is 2. The Hall–Kier alpha value is -1.56. The van der Waals surface area contributed by atoms with Gasteiger partial charge in [0, 0.05) is 17.8 Å². The molecular formula is C12H16N2O3S. The number of carbonyl (C=O) groups excluding carboxylic acids is 1. The third-order valence-corrected chi connectivity index (χ3v) is 3.28. The van der Waals surface area contributed by atoms with Gasteiger partial charge in [0.05, 0.1) is 6.26 Å². The summed E-state index contributed by atoms with van der Waals surface area (Å²) >= 11 is 0. The van der Waals surface area contributed by atoms with Crippen LogP contribution in [-0.2, 0) is 10.0 Å².